The van der Waals surface area contributed by atoms with Crippen LogP contribution in [0.15, 0.2) is 28.7 Å². The molecule has 0 aliphatic rings. The summed E-state index contributed by atoms with van der Waals surface area (Å²) in [4.78, 5) is 14.5. The molecule has 0 bridgehead atoms. The first kappa shape index (κ1) is 17.1. The molecule has 6 heteroatoms. The second-order valence-corrected chi connectivity index (χ2v) is 6.07. The van der Waals surface area contributed by atoms with Crippen molar-refractivity contribution in [2.75, 3.05) is 25.0 Å². The normalized spacial score (nSPS) is 12.2. The summed E-state index contributed by atoms with van der Waals surface area (Å²) in [6, 6.07) is 7.50. The van der Waals surface area contributed by atoms with E-state index in [-0.39, 0.29) is 11.8 Å². The predicted molar refractivity (Wildman–Crippen MR) is 90.8 cm³/mol. The maximum absolute atomic E-state index is 12.0. The molecular weight excluding hydrogens is 338 g/mol. The zero-order chi connectivity index (χ0) is 15.1. The van der Waals surface area contributed by atoms with Crippen molar-refractivity contribution in [1.29, 1.82) is 0 Å². The lowest BCUT2D eigenvalue weighted by molar-refractivity contribution is -0.117. The highest BCUT2D eigenvalue weighted by Gasteiger charge is 2.14. The summed E-state index contributed by atoms with van der Waals surface area (Å²) in [6.45, 7) is 5.79. The lowest BCUT2D eigenvalue weighted by Gasteiger charge is -2.23. The first-order valence-electron chi connectivity index (χ1n) is 6.49. The van der Waals surface area contributed by atoms with Gasteiger partial charge in [-0.3, -0.25) is 9.69 Å². The van der Waals surface area contributed by atoms with E-state index in [0.29, 0.717) is 18.1 Å². The largest absolute Gasteiger partial charge is 0.393 e. The van der Waals surface area contributed by atoms with Crippen LogP contribution in [-0.2, 0) is 4.79 Å². The van der Waals surface area contributed by atoms with Gasteiger partial charge in [0.25, 0.3) is 0 Å². The van der Waals surface area contributed by atoms with Crippen LogP contribution in [0.25, 0.3) is 0 Å². The number of nitrogens with zero attached hydrogens (tertiary/aromatic N) is 1. The molecule has 0 aliphatic carbocycles. The average molecular weight is 358 g/mol. The molecule has 0 heterocycles. The minimum absolute atomic E-state index is 0.0377. The van der Waals surface area contributed by atoms with Gasteiger partial charge in [-0.25, -0.2) is 0 Å². The molecule has 0 radical (unpaired) electrons. The van der Waals surface area contributed by atoms with Crippen LogP contribution >= 0.6 is 28.1 Å². The van der Waals surface area contributed by atoms with Crippen LogP contribution in [0.1, 0.15) is 13.8 Å². The van der Waals surface area contributed by atoms with Gasteiger partial charge in [-0.05, 0) is 30.8 Å². The van der Waals surface area contributed by atoms with Gasteiger partial charge in [0.1, 0.15) is 0 Å². The number of halogens is 1. The molecule has 20 heavy (non-hydrogen) atoms. The summed E-state index contributed by atoms with van der Waals surface area (Å²) >= 11 is 8.32. The van der Waals surface area contributed by atoms with Crippen LogP contribution in [0, 0.1) is 5.92 Å². The maximum atomic E-state index is 12.0. The van der Waals surface area contributed by atoms with E-state index in [1.165, 1.54) is 0 Å². The monoisotopic (exact) mass is 357 g/mol. The summed E-state index contributed by atoms with van der Waals surface area (Å²) in [5.74, 6) is 0.0646. The Balaban J connectivity index is 2.50. The SMILES string of the molecule is CCN(CC(=O)Nc1ccc(Br)cc1)CC(C)C(N)=S. The number of rotatable bonds is 7. The van der Waals surface area contributed by atoms with Crippen LogP contribution in [0.3, 0.4) is 0 Å². The van der Waals surface area contributed by atoms with Crippen molar-refractivity contribution in [3.05, 3.63) is 28.7 Å². The molecule has 0 saturated heterocycles. The topological polar surface area (TPSA) is 58.4 Å². The third kappa shape index (κ3) is 5.98. The molecule has 0 fully saturated rings. The Morgan fingerprint density at radius 3 is 2.55 bits per heavy atom. The molecular formula is C14H20BrN3OS. The molecule has 1 aromatic rings. The van der Waals surface area contributed by atoms with E-state index in [0.717, 1.165) is 16.7 Å². The Morgan fingerprint density at radius 2 is 2.05 bits per heavy atom. The second kappa shape index (κ2) is 8.34. The van der Waals surface area contributed by atoms with Crippen LogP contribution in [-0.4, -0.2) is 35.4 Å². The first-order valence-corrected chi connectivity index (χ1v) is 7.69. The lowest BCUT2D eigenvalue weighted by atomic mass is 10.1. The molecule has 1 atom stereocenters. The van der Waals surface area contributed by atoms with E-state index in [9.17, 15) is 4.79 Å². The number of likely N-dealkylation sites (N-methyl/N-ethyl adjacent to an activating group) is 1. The van der Waals surface area contributed by atoms with Crippen LogP contribution < -0.4 is 11.1 Å². The Hall–Kier alpha value is -0.980. The number of nitrogens with two attached hydrogens (primary N) is 1. The number of carbonyl (C=O) groups is 1. The van der Waals surface area contributed by atoms with E-state index in [1.807, 2.05) is 43.0 Å². The molecule has 3 N–H and O–H groups in total. The van der Waals surface area contributed by atoms with Crippen LogP contribution in [0.4, 0.5) is 5.69 Å². The van der Waals surface area contributed by atoms with Crippen molar-refractivity contribution in [2.45, 2.75) is 13.8 Å². The van der Waals surface area contributed by atoms with E-state index in [2.05, 4.69) is 21.2 Å². The Kier molecular flexibility index (Phi) is 7.12. The van der Waals surface area contributed by atoms with Gasteiger partial charge in [0.2, 0.25) is 5.91 Å². The molecule has 0 saturated carbocycles. The second-order valence-electron chi connectivity index (χ2n) is 4.69. The molecule has 1 unspecified atom stereocenters. The highest BCUT2D eigenvalue weighted by Crippen LogP contribution is 2.14. The molecule has 0 spiro atoms. The Labute approximate surface area is 133 Å². The summed E-state index contributed by atoms with van der Waals surface area (Å²) in [5.41, 5.74) is 6.40. The third-order valence-electron chi connectivity index (χ3n) is 2.96. The van der Waals surface area contributed by atoms with Gasteiger partial charge in [-0.1, -0.05) is 42.0 Å². The van der Waals surface area contributed by atoms with Gasteiger partial charge in [-0.15, -0.1) is 0 Å². The number of benzene rings is 1. The van der Waals surface area contributed by atoms with Crippen molar-refractivity contribution < 1.29 is 4.79 Å². The average Bonchev–Trinajstić information content (AvgIpc) is 2.40. The number of hydrogen-bond acceptors (Lipinski definition) is 3. The number of amides is 1. The summed E-state index contributed by atoms with van der Waals surface area (Å²) in [5, 5.41) is 2.87. The number of hydrogen-bond donors (Lipinski definition) is 2. The van der Waals surface area contributed by atoms with Gasteiger partial charge in [0, 0.05) is 22.6 Å². The molecule has 0 aliphatic heterocycles. The van der Waals surface area contributed by atoms with Crippen molar-refractivity contribution in [1.82, 2.24) is 4.90 Å². The number of thiocarbonyl (C=S) groups is 1. The fourth-order valence-electron chi connectivity index (χ4n) is 1.72. The number of nitrogens with one attached hydrogen (secondary N) is 1. The zero-order valence-corrected chi connectivity index (χ0v) is 14.1. The Morgan fingerprint density at radius 1 is 1.45 bits per heavy atom. The highest BCUT2D eigenvalue weighted by molar-refractivity contribution is 9.10. The predicted octanol–water partition coefficient (Wildman–Crippen LogP) is 2.63. The van der Waals surface area contributed by atoms with E-state index < -0.39 is 0 Å². The van der Waals surface area contributed by atoms with E-state index >= 15 is 0 Å². The van der Waals surface area contributed by atoms with Crippen molar-refractivity contribution in [2.24, 2.45) is 11.7 Å². The lowest BCUT2D eigenvalue weighted by Crippen LogP contribution is -2.38. The van der Waals surface area contributed by atoms with Crippen LogP contribution in [0.5, 0.6) is 0 Å². The van der Waals surface area contributed by atoms with Crippen molar-refractivity contribution >= 4 is 44.7 Å². The number of anilines is 1. The molecule has 0 aromatic heterocycles. The molecule has 110 valence electrons. The molecule has 1 aromatic carbocycles. The van der Waals surface area contributed by atoms with Crippen LogP contribution in [0.2, 0.25) is 0 Å². The van der Waals surface area contributed by atoms with Gasteiger partial charge >= 0.3 is 0 Å². The summed E-state index contributed by atoms with van der Waals surface area (Å²) in [6.07, 6.45) is 0. The van der Waals surface area contributed by atoms with Gasteiger partial charge in [0.05, 0.1) is 11.5 Å². The summed E-state index contributed by atoms with van der Waals surface area (Å²) in [7, 11) is 0. The van der Waals surface area contributed by atoms with Gasteiger partial charge in [0.15, 0.2) is 0 Å². The zero-order valence-electron chi connectivity index (χ0n) is 11.7. The summed E-state index contributed by atoms with van der Waals surface area (Å²) < 4.78 is 0.982. The standard InChI is InChI=1S/C14H20BrN3OS/c1-3-18(8-10(2)14(16)20)9-13(19)17-12-6-4-11(15)5-7-12/h4-7,10H,3,8-9H2,1-2H3,(H2,16,20)(H,17,19). The first-order chi connectivity index (χ1) is 9.42. The highest BCUT2D eigenvalue weighted by atomic mass is 79.9. The third-order valence-corrected chi connectivity index (χ3v) is 3.89. The Bertz CT molecular complexity index is 464. The maximum Gasteiger partial charge on any atom is 0.238 e. The molecule has 1 rings (SSSR count). The fourth-order valence-corrected chi connectivity index (χ4v) is 2.06. The smallest absolute Gasteiger partial charge is 0.238 e. The van der Waals surface area contributed by atoms with E-state index in [1.54, 1.807) is 0 Å². The van der Waals surface area contributed by atoms with Crippen molar-refractivity contribution in [3.8, 4) is 0 Å². The number of carbonyl (C=O) groups excluding carboxylic acids is 1. The quantitative estimate of drug-likeness (QED) is 0.736. The minimum atomic E-state index is -0.0377. The molecule has 1 amide bonds. The fraction of sp³-hybridized carbons (Fsp3) is 0.429. The minimum Gasteiger partial charge on any atom is -0.393 e. The van der Waals surface area contributed by atoms with Gasteiger partial charge in [-0.2, -0.15) is 0 Å². The molecule has 4 nitrogen and oxygen atoms in total. The van der Waals surface area contributed by atoms with Crippen molar-refractivity contribution in [3.63, 3.8) is 0 Å². The van der Waals surface area contributed by atoms with E-state index in [4.69, 9.17) is 18.0 Å². The van der Waals surface area contributed by atoms with Gasteiger partial charge < -0.3 is 11.1 Å².